The van der Waals surface area contributed by atoms with Crippen molar-refractivity contribution in [3.8, 4) is 0 Å². The number of aromatic nitrogens is 1. The van der Waals surface area contributed by atoms with Crippen LogP contribution >= 0.6 is 0 Å². The maximum Gasteiger partial charge on any atom is 0.250 e. The lowest BCUT2D eigenvalue weighted by molar-refractivity contribution is -0.124. The van der Waals surface area contributed by atoms with Crippen LogP contribution in [0.2, 0.25) is 0 Å². The van der Waals surface area contributed by atoms with Gasteiger partial charge in [0.2, 0.25) is 5.91 Å². The number of nitrogens with zero attached hydrogens (tertiary/aromatic N) is 1. The lowest BCUT2D eigenvalue weighted by atomic mass is 9.83. The second kappa shape index (κ2) is 6.87. The first-order chi connectivity index (χ1) is 10.1. The number of ether oxygens (including phenoxy) is 1. The third-order valence-corrected chi connectivity index (χ3v) is 4.18. The molecule has 0 radical (unpaired) electrons. The number of rotatable bonds is 6. The van der Waals surface area contributed by atoms with Gasteiger partial charge in [0.25, 0.3) is 5.56 Å². The SMILES string of the molecule is CCC1(C(=O)Nc2ccc(=O)n(CCOC)c2)CCNC1. The molecule has 1 amide bonds. The van der Waals surface area contributed by atoms with Gasteiger partial charge in [-0.2, -0.15) is 0 Å². The molecule has 2 rings (SSSR count). The summed E-state index contributed by atoms with van der Waals surface area (Å²) in [5, 5.41) is 6.19. The van der Waals surface area contributed by atoms with Crippen LogP contribution in [0, 0.1) is 5.41 Å². The Morgan fingerprint density at radius 3 is 2.95 bits per heavy atom. The average Bonchev–Trinajstić information content (AvgIpc) is 2.98. The fraction of sp³-hybridized carbons (Fsp3) is 0.600. The topological polar surface area (TPSA) is 72.4 Å². The number of carbonyl (C=O) groups excluding carboxylic acids is 1. The molecular weight excluding hydrogens is 270 g/mol. The molecule has 2 N–H and O–H groups in total. The smallest absolute Gasteiger partial charge is 0.250 e. The van der Waals surface area contributed by atoms with Crippen molar-refractivity contribution < 1.29 is 9.53 Å². The van der Waals surface area contributed by atoms with Crippen LogP contribution in [0.4, 0.5) is 5.69 Å². The lowest BCUT2D eigenvalue weighted by Gasteiger charge is -2.25. The van der Waals surface area contributed by atoms with E-state index in [1.54, 1.807) is 23.9 Å². The summed E-state index contributed by atoms with van der Waals surface area (Å²) in [4.78, 5) is 24.2. The minimum Gasteiger partial charge on any atom is -0.383 e. The van der Waals surface area contributed by atoms with E-state index in [0.29, 0.717) is 25.4 Å². The molecule has 116 valence electrons. The Balaban J connectivity index is 2.12. The molecule has 1 unspecified atom stereocenters. The first-order valence-electron chi connectivity index (χ1n) is 7.33. The number of nitrogens with one attached hydrogen (secondary N) is 2. The zero-order valence-corrected chi connectivity index (χ0v) is 12.6. The molecule has 0 aromatic carbocycles. The molecule has 1 aromatic rings. The van der Waals surface area contributed by atoms with Gasteiger partial charge in [-0.05, 0) is 25.5 Å². The zero-order valence-electron chi connectivity index (χ0n) is 12.6. The largest absolute Gasteiger partial charge is 0.383 e. The summed E-state index contributed by atoms with van der Waals surface area (Å²) in [6, 6.07) is 3.12. The van der Waals surface area contributed by atoms with Crippen LogP contribution in [0.3, 0.4) is 0 Å². The van der Waals surface area contributed by atoms with Gasteiger partial charge in [0.15, 0.2) is 0 Å². The summed E-state index contributed by atoms with van der Waals surface area (Å²) in [5.41, 5.74) is 0.209. The van der Waals surface area contributed by atoms with Gasteiger partial charge in [-0.1, -0.05) is 6.92 Å². The minimum atomic E-state index is -0.340. The van der Waals surface area contributed by atoms with E-state index >= 15 is 0 Å². The number of methoxy groups -OCH3 is 1. The van der Waals surface area contributed by atoms with E-state index in [1.807, 2.05) is 6.92 Å². The summed E-state index contributed by atoms with van der Waals surface area (Å²) in [7, 11) is 1.59. The predicted octanol–water partition coefficient (Wildman–Crippen LogP) is 0.823. The molecule has 1 aromatic heterocycles. The van der Waals surface area contributed by atoms with Crippen LogP contribution in [0.25, 0.3) is 0 Å². The quantitative estimate of drug-likeness (QED) is 0.814. The summed E-state index contributed by atoms with van der Waals surface area (Å²) < 4.78 is 6.53. The highest BCUT2D eigenvalue weighted by molar-refractivity contribution is 5.95. The van der Waals surface area contributed by atoms with E-state index in [9.17, 15) is 9.59 Å². The maximum atomic E-state index is 12.5. The first-order valence-corrected chi connectivity index (χ1v) is 7.33. The Morgan fingerprint density at radius 2 is 2.33 bits per heavy atom. The van der Waals surface area contributed by atoms with E-state index < -0.39 is 0 Å². The van der Waals surface area contributed by atoms with Crippen molar-refractivity contribution in [3.63, 3.8) is 0 Å². The molecule has 21 heavy (non-hydrogen) atoms. The van der Waals surface area contributed by atoms with E-state index in [4.69, 9.17) is 4.74 Å². The number of anilines is 1. The van der Waals surface area contributed by atoms with Gasteiger partial charge in [0.05, 0.1) is 17.7 Å². The van der Waals surface area contributed by atoms with Crippen molar-refractivity contribution >= 4 is 11.6 Å². The number of amides is 1. The van der Waals surface area contributed by atoms with Crippen LogP contribution in [0.1, 0.15) is 19.8 Å². The van der Waals surface area contributed by atoms with Crippen molar-refractivity contribution in [2.75, 3.05) is 32.1 Å². The van der Waals surface area contributed by atoms with E-state index in [-0.39, 0.29) is 16.9 Å². The number of pyridine rings is 1. The molecule has 1 aliphatic heterocycles. The van der Waals surface area contributed by atoms with Gasteiger partial charge in [0, 0.05) is 32.5 Å². The number of hydrogen-bond acceptors (Lipinski definition) is 4. The van der Waals surface area contributed by atoms with Gasteiger partial charge in [-0.15, -0.1) is 0 Å². The van der Waals surface area contributed by atoms with Crippen LogP contribution in [0.5, 0.6) is 0 Å². The third-order valence-electron chi connectivity index (χ3n) is 4.18. The predicted molar refractivity (Wildman–Crippen MR) is 81.4 cm³/mol. The molecule has 6 heteroatoms. The molecule has 1 saturated heterocycles. The molecule has 2 heterocycles. The molecule has 1 atom stereocenters. The average molecular weight is 293 g/mol. The van der Waals surface area contributed by atoms with Crippen molar-refractivity contribution in [2.24, 2.45) is 5.41 Å². The van der Waals surface area contributed by atoms with Crippen LogP contribution in [-0.2, 0) is 16.1 Å². The van der Waals surface area contributed by atoms with E-state index in [0.717, 1.165) is 19.4 Å². The Hall–Kier alpha value is -1.66. The van der Waals surface area contributed by atoms with Gasteiger partial charge >= 0.3 is 0 Å². The Kier molecular flexibility index (Phi) is 5.14. The monoisotopic (exact) mass is 293 g/mol. The molecule has 1 fully saturated rings. The normalized spacial score (nSPS) is 21.4. The Morgan fingerprint density at radius 1 is 1.52 bits per heavy atom. The molecule has 0 aliphatic carbocycles. The summed E-state index contributed by atoms with van der Waals surface area (Å²) >= 11 is 0. The maximum absolute atomic E-state index is 12.5. The van der Waals surface area contributed by atoms with Crippen molar-refractivity contribution in [1.29, 1.82) is 0 Å². The van der Waals surface area contributed by atoms with Crippen molar-refractivity contribution in [3.05, 3.63) is 28.7 Å². The summed E-state index contributed by atoms with van der Waals surface area (Å²) in [5.74, 6) is 0.0203. The Bertz CT molecular complexity index is 547. The number of carbonyl (C=O) groups is 1. The molecule has 0 spiro atoms. The van der Waals surface area contributed by atoms with Gasteiger partial charge in [0.1, 0.15) is 0 Å². The van der Waals surface area contributed by atoms with E-state index in [2.05, 4.69) is 10.6 Å². The van der Waals surface area contributed by atoms with Gasteiger partial charge < -0.3 is 19.9 Å². The zero-order chi connectivity index (χ0) is 15.3. The number of hydrogen-bond donors (Lipinski definition) is 2. The highest BCUT2D eigenvalue weighted by Crippen LogP contribution is 2.30. The van der Waals surface area contributed by atoms with Crippen LogP contribution in [0.15, 0.2) is 23.1 Å². The standard InChI is InChI=1S/C15H23N3O3/c1-3-15(6-7-16-11-15)14(20)17-12-4-5-13(19)18(10-12)8-9-21-2/h4-5,10,16H,3,6-9,11H2,1-2H3,(H,17,20). The fourth-order valence-electron chi connectivity index (χ4n) is 2.63. The van der Waals surface area contributed by atoms with Crippen LogP contribution in [-0.4, -0.2) is 37.3 Å². The highest BCUT2D eigenvalue weighted by Gasteiger charge is 2.39. The Labute approximate surface area is 124 Å². The minimum absolute atomic E-state index is 0.0203. The molecule has 0 saturated carbocycles. The second-order valence-electron chi connectivity index (χ2n) is 5.46. The summed E-state index contributed by atoms with van der Waals surface area (Å²) in [6.07, 6.45) is 3.32. The third kappa shape index (κ3) is 3.51. The second-order valence-corrected chi connectivity index (χ2v) is 5.46. The van der Waals surface area contributed by atoms with Crippen molar-refractivity contribution in [1.82, 2.24) is 9.88 Å². The van der Waals surface area contributed by atoms with Crippen LogP contribution < -0.4 is 16.2 Å². The van der Waals surface area contributed by atoms with Gasteiger partial charge in [-0.25, -0.2) is 0 Å². The highest BCUT2D eigenvalue weighted by atomic mass is 16.5. The molecule has 6 nitrogen and oxygen atoms in total. The first kappa shape index (κ1) is 15.7. The molecule has 1 aliphatic rings. The molecule has 0 bridgehead atoms. The van der Waals surface area contributed by atoms with Crippen molar-refractivity contribution in [2.45, 2.75) is 26.3 Å². The molecular formula is C15H23N3O3. The van der Waals surface area contributed by atoms with E-state index in [1.165, 1.54) is 6.07 Å². The lowest BCUT2D eigenvalue weighted by Crippen LogP contribution is -2.37. The summed E-state index contributed by atoms with van der Waals surface area (Å²) in [6.45, 7) is 4.54. The van der Waals surface area contributed by atoms with Gasteiger partial charge in [-0.3, -0.25) is 9.59 Å². The fourth-order valence-corrected chi connectivity index (χ4v) is 2.63.